The summed E-state index contributed by atoms with van der Waals surface area (Å²) < 4.78 is 4.97. The minimum absolute atomic E-state index is 0.838. The lowest BCUT2D eigenvalue weighted by molar-refractivity contribution is 0.167. The highest BCUT2D eigenvalue weighted by Gasteiger charge is 2.00. The summed E-state index contributed by atoms with van der Waals surface area (Å²) in [5.74, 6) is 0. The van der Waals surface area contributed by atoms with Gasteiger partial charge in [-0.25, -0.2) is 0 Å². The first kappa shape index (κ1) is 7.61. The number of hydrogen-bond acceptors (Lipinski definition) is 2. The standard InChI is InChI=1S/C8H15NO/c1-10-8-7-9-5-3-2-4-6-9/h3,5H,2,4,6-8H2,1H3. The minimum atomic E-state index is 0.838. The van der Waals surface area contributed by atoms with E-state index in [1.165, 1.54) is 19.4 Å². The third-order valence-corrected chi connectivity index (χ3v) is 1.71. The lowest BCUT2D eigenvalue weighted by atomic mass is 10.2. The van der Waals surface area contributed by atoms with E-state index in [4.69, 9.17) is 4.74 Å². The van der Waals surface area contributed by atoms with Gasteiger partial charge in [0.15, 0.2) is 0 Å². The Hall–Kier alpha value is -0.500. The molecule has 0 spiro atoms. The average Bonchev–Trinajstić information content (AvgIpc) is 2.03. The number of methoxy groups -OCH3 is 1. The molecule has 0 aromatic rings. The van der Waals surface area contributed by atoms with Crippen LogP contribution in [0, 0.1) is 0 Å². The van der Waals surface area contributed by atoms with Crippen LogP contribution in [0.1, 0.15) is 12.8 Å². The Bertz CT molecular complexity index is 112. The normalized spacial score (nSPS) is 17.9. The van der Waals surface area contributed by atoms with Crippen LogP contribution in [0.4, 0.5) is 0 Å². The van der Waals surface area contributed by atoms with Gasteiger partial charge in [0.1, 0.15) is 0 Å². The third-order valence-electron chi connectivity index (χ3n) is 1.71. The number of nitrogens with zero attached hydrogens (tertiary/aromatic N) is 1. The van der Waals surface area contributed by atoms with Crippen LogP contribution in [0.15, 0.2) is 12.3 Å². The van der Waals surface area contributed by atoms with E-state index in [-0.39, 0.29) is 0 Å². The summed E-state index contributed by atoms with van der Waals surface area (Å²) in [7, 11) is 1.74. The van der Waals surface area contributed by atoms with Crippen LogP contribution in [-0.2, 0) is 4.74 Å². The molecule has 1 heterocycles. The summed E-state index contributed by atoms with van der Waals surface area (Å²) in [6, 6.07) is 0. The van der Waals surface area contributed by atoms with Gasteiger partial charge in [-0.05, 0) is 19.0 Å². The van der Waals surface area contributed by atoms with Crippen molar-refractivity contribution < 1.29 is 4.74 Å². The molecule has 1 aliphatic heterocycles. The second-order valence-corrected chi connectivity index (χ2v) is 2.56. The van der Waals surface area contributed by atoms with Crippen LogP contribution < -0.4 is 0 Å². The number of allylic oxidation sites excluding steroid dienone is 1. The van der Waals surface area contributed by atoms with Crippen LogP contribution in [0.2, 0.25) is 0 Å². The molecule has 0 saturated carbocycles. The largest absolute Gasteiger partial charge is 0.383 e. The molecule has 0 aromatic carbocycles. The zero-order chi connectivity index (χ0) is 7.23. The maximum atomic E-state index is 4.97. The van der Waals surface area contributed by atoms with Crippen molar-refractivity contribution in [2.45, 2.75) is 12.8 Å². The van der Waals surface area contributed by atoms with Gasteiger partial charge in [0.05, 0.1) is 6.61 Å². The summed E-state index contributed by atoms with van der Waals surface area (Å²) in [4.78, 5) is 2.30. The number of ether oxygens (including phenoxy) is 1. The lowest BCUT2D eigenvalue weighted by Gasteiger charge is -2.22. The first-order valence-corrected chi connectivity index (χ1v) is 3.83. The molecule has 0 aromatic heterocycles. The highest BCUT2D eigenvalue weighted by molar-refractivity contribution is 4.87. The molecule has 0 aliphatic carbocycles. The first-order chi connectivity index (χ1) is 4.93. The van der Waals surface area contributed by atoms with Crippen molar-refractivity contribution in [3.05, 3.63) is 12.3 Å². The van der Waals surface area contributed by atoms with Crippen molar-refractivity contribution in [2.75, 3.05) is 26.8 Å². The van der Waals surface area contributed by atoms with Gasteiger partial charge in [-0.2, -0.15) is 0 Å². The summed E-state index contributed by atoms with van der Waals surface area (Å²) in [5.41, 5.74) is 0. The zero-order valence-corrected chi connectivity index (χ0v) is 6.55. The third kappa shape index (κ3) is 2.40. The van der Waals surface area contributed by atoms with Crippen molar-refractivity contribution in [1.29, 1.82) is 0 Å². The Balaban J connectivity index is 2.13. The Labute approximate surface area is 62.5 Å². The molecule has 0 radical (unpaired) electrons. The molecule has 10 heavy (non-hydrogen) atoms. The van der Waals surface area contributed by atoms with Gasteiger partial charge in [-0.1, -0.05) is 6.08 Å². The van der Waals surface area contributed by atoms with Crippen LogP contribution >= 0.6 is 0 Å². The fourth-order valence-electron chi connectivity index (χ4n) is 1.11. The summed E-state index contributed by atoms with van der Waals surface area (Å²) in [6.07, 6.45) is 6.92. The van der Waals surface area contributed by atoms with Gasteiger partial charge in [0, 0.05) is 20.2 Å². The molecule has 0 fully saturated rings. The highest BCUT2D eigenvalue weighted by Crippen LogP contribution is 2.04. The van der Waals surface area contributed by atoms with E-state index >= 15 is 0 Å². The van der Waals surface area contributed by atoms with E-state index in [0.717, 1.165) is 13.2 Å². The van der Waals surface area contributed by atoms with E-state index in [1.54, 1.807) is 7.11 Å². The van der Waals surface area contributed by atoms with Crippen molar-refractivity contribution >= 4 is 0 Å². The van der Waals surface area contributed by atoms with Crippen molar-refractivity contribution in [2.24, 2.45) is 0 Å². The van der Waals surface area contributed by atoms with Crippen LogP contribution in [0.25, 0.3) is 0 Å². The molecule has 2 heteroatoms. The first-order valence-electron chi connectivity index (χ1n) is 3.83. The molecule has 0 bridgehead atoms. The Morgan fingerprint density at radius 3 is 3.10 bits per heavy atom. The zero-order valence-electron chi connectivity index (χ0n) is 6.55. The van der Waals surface area contributed by atoms with Gasteiger partial charge >= 0.3 is 0 Å². The van der Waals surface area contributed by atoms with Crippen LogP contribution in [-0.4, -0.2) is 31.7 Å². The predicted octanol–water partition coefficient (Wildman–Crippen LogP) is 1.24. The van der Waals surface area contributed by atoms with E-state index in [9.17, 15) is 0 Å². The van der Waals surface area contributed by atoms with Crippen LogP contribution in [0.3, 0.4) is 0 Å². The predicted molar refractivity (Wildman–Crippen MR) is 41.8 cm³/mol. The fourth-order valence-corrected chi connectivity index (χ4v) is 1.11. The monoisotopic (exact) mass is 141 g/mol. The van der Waals surface area contributed by atoms with Gasteiger partial charge in [-0.3, -0.25) is 0 Å². The van der Waals surface area contributed by atoms with E-state index in [1.807, 2.05) is 0 Å². The molecule has 0 saturated heterocycles. The van der Waals surface area contributed by atoms with Gasteiger partial charge in [-0.15, -0.1) is 0 Å². The van der Waals surface area contributed by atoms with Gasteiger partial charge in [0.25, 0.3) is 0 Å². The Kier molecular flexibility index (Phi) is 3.30. The summed E-state index contributed by atoms with van der Waals surface area (Å²) >= 11 is 0. The Morgan fingerprint density at radius 2 is 2.50 bits per heavy atom. The molecule has 0 N–H and O–H groups in total. The minimum Gasteiger partial charge on any atom is -0.383 e. The van der Waals surface area contributed by atoms with E-state index in [0.29, 0.717) is 0 Å². The highest BCUT2D eigenvalue weighted by atomic mass is 16.5. The smallest absolute Gasteiger partial charge is 0.0637 e. The maximum Gasteiger partial charge on any atom is 0.0637 e. The van der Waals surface area contributed by atoms with Crippen molar-refractivity contribution in [1.82, 2.24) is 4.90 Å². The Morgan fingerprint density at radius 1 is 1.60 bits per heavy atom. The number of rotatable bonds is 3. The molecule has 2 nitrogen and oxygen atoms in total. The SMILES string of the molecule is COCCN1C=CCCC1. The second-order valence-electron chi connectivity index (χ2n) is 2.56. The number of hydrogen-bond donors (Lipinski definition) is 0. The van der Waals surface area contributed by atoms with Crippen molar-refractivity contribution in [3.8, 4) is 0 Å². The van der Waals surface area contributed by atoms with E-state index < -0.39 is 0 Å². The molecular formula is C8H15NO. The van der Waals surface area contributed by atoms with Crippen molar-refractivity contribution in [3.63, 3.8) is 0 Å². The summed E-state index contributed by atoms with van der Waals surface area (Å²) in [5, 5.41) is 0. The second kappa shape index (κ2) is 4.34. The quantitative estimate of drug-likeness (QED) is 0.586. The maximum absolute atomic E-state index is 4.97. The lowest BCUT2D eigenvalue weighted by Crippen LogP contribution is -2.24. The molecule has 0 amide bonds. The topological polar surface area (TPSA) is 12.5 Å². The summed E-state index contributed by atoms with van der Waals surface area (Å²) in [6.45, 7) is 3.07. The molecule has 58 valence electrons. The van der Waals surface area contributed by atoms with Gasteiger partial charge in [0.2, 0.25) is 0 Å². The average molecular weight is 141 g/mol. The molecule has 1 aliphatic rings. The van der Waals surface area contributed by atoms with E-state index in [2.05, 4.69) is 17.2 Å². The van der Waals surface area contributed by atoms with Gasteiger partial charge < -0.3 is 9.64 Å². The molecule has 0 unspecified atom stereocenters. The van der Waals surface area contributed by atoms with Crippen LogP contribution in [0.5, 0.6) is 0 Å². The fraction of sp³-hybridized carbons (Fsp3) is 0.750. The molecule has 0 atom stereocenters. The molecular weight excluding hydrogens is 126 g/mol. The molecule has 1 rings (SSSR count).